The summed E-state index contributed by atoms with van der Waals surface area (Å²) in [7, 11) is 0. The third kappa shape index (κ3) is 3.96. The van der Waals surface area contributed by atoms with Crippen LogP contribution in [0.25, 0.3) is 0 Å². The Labute approximate surface area is 135 Å². The molecule has 0 N–H and O–H groups in total. The molecule has 1 atom stereocenters. The predicted molar refractivity (Wildman–Crippen MR) is 86.2 cm³/mol. The summed E-state index contributed by atoms with van der Waals surface area (Å²) in [6.07, 6.45) is 3.42. The van der Waals surface area contributed by atoms with Gasteiger partial charge in [-0.15, -0.1) is 0 Å². The lowest BCUT2D eigenvalue weighted by atomic mass is 9.95. The molecule has 0 spiro atoms. The van der Waals surface area contributed by atoms with E-state index in [9.17, 15) is 4.79 Å². The maximum absolute atomic E-state index is 12.5. The van der Waals surface area contributed by atoms with Crippen molar-refractivity contribution in [2.75, 3.05) is 18.4 Å². The summed E-state index contributed by atoms with van der Waals surface area (Å²) in [6.45, 7) is 1.69. The van der Waals surface area contributed by atoms with Gasteiger partial charge < -0.3 is 4.90 Å². The highest BCUT2D eigenvalue weighted by Gasteiger charge is 2.25. The van der Waals surface area contributed by atoms with Crippen molar-refractivity contribution in [2.24, 2.45) is 5.92 Å². The predicted octanol–water partition coefficient (Wildman–Crippen LogP) is 4.74. The summed E-state index contributed by atoms with van der Waals surface area (Å²) >= 11 is 12.9. The Balaban J connectivity index is 2.12. The Hall–Kier alpha value is -0.0600. The molecule has 0 aliphatic carbocycles. The number of hydrogen-bond acceptors (Lipinski definition) is 1. The van der Waals surface area contributed by atoms with E-state index < -0.39 is 0 Å². The summed E-state index contributed by atoms with van der Waals surface area (Å²) in [5.41, 5.74) is 0.659. The fourth-order valence-electron chi connectivity index (χ4n) is 2.47. The molecule has 1 aliphatic rings. The molecule has 2 rings (SSSR count). The smallest absolute Gasteiger partial charge is 0.255 e. The Morgan fingerprint density at radius 1 is 1.47 bits per heavy atom. The highest BCUT2D eigenvalue weighted by molar-refractivity contribution is 9.10. The molecule has 0 bridgehead atoms. The number of likely N-dealkylation sites (tertiary alicyclic amines) is 1. The standard InChI is InChI=1S/C14H16Br2ClNO/c15-6-5-10-2-1-7-18(9-10)14(19)12-8-11(17)3-4-13(12)16/h3-4,8,10H,1-2,5-7,9H2. The monoisotopic (exact) mass is 407 g/mol. The summed E-state index contributed by atoms with van der Waals surface area (Å²) < 4.78 is 0.810. The number of carbonyl (C=O) groups is 1. The van der Waals surface area contributed by atoms with Gasteiger partial charge in [-0.05, 0) is 59.3 Å². The lowest BCUT2D eigenvalue weighted by molar-refractivity contribution is 0.0671. The number of halogens is 3. The van der Waals surface area contributed by atoms with Crippen LogP contribution >= 0.6 is 43.5 Å². The van der Waals surface area contributed by atoms with Crippen LogP contribution in [0.3, 0.4) is 0 Å². The van der Waals surface area contributed by atoms with Crippen molar-refractivity contribution in [3.05, 3.63) is 33.3 Å². The molecule has 1 saturated heterocycles. The number of carbonyl (C=O) groups excluding carboxylic acids is 1. The first kappa shape index (κ1) is 15.3. The zero-order valence-electron chi connectivity index (χ0n) is 10.5. The van der Waals surface area contributed by atoms with Gasteiger partial charge in [0.25, 0.3) is 5.91 Å². The molecule has 2 nitrogen and oxygen atoms in total. The minimum absolute atomic E-state index is 0.0775. The van der Waals surface area contributed by atoms with Gasteiger partial charge in [0, 0.05) is 27.9 Å². The summed E-state index contributed by atoms with van der Waals surface area (Å²) in [5.74, 6) is 0.684. The molecule has 0 saturated carbocycles. The van der Waals surface area contributed by atoms with Crippen LogP contribution in [-0.4, -0.2) is 29.2 Å². The van der Waals surface area contributed by atoms with Crippen LogP contribution in [0.15, 0.2) is 22.7 Å². The van der Waals surface area contributed by atoms with Gasteiger partial charge in [0.15, 0.2) is 0 Å². The number of benzene rings is 1. The molecule has 19 heavy (non-hydrogen) atoms. The molecular weight excluding hydrogens is 393 g/mol. The quantitative estimate of drug-likeness (QED) is 0.661. The van der Waals surface area contributed by atoms with Crippen LogP contribution in [0.4, 0.5) is 0 Å². The van der Waals surface area contributed by atoms with Crippen LogP contribution in [0.5, 0.6) is 0 Å². The number of nitrogens with zero attached hydrogens (tertiary/aromatic N) is 1. The zero-order chi connectivity index (χ0) is 13.8. The Kier molecular flexibility index (Phi) is 5.72. The first-order chi connectivity index (χ1) is 9.11. The van der Waals surface area contributed by atoms with Gasteiger partial charge in [0.2, 0.25) is 0 Å². The fraction of sp³-hybridized carbons (Fsp3) is 0.500. The van der Waals surface area contributed by atoms with Crippen molar-refractivity contribution in [3.8, 4) is 0 Å². The average Bonchev–Trinajstić information content (AvgIpc) is 2.41. The minimum atomic E-state index is 0.0775. The number of amides is 1. The van der Waals surface area contributed by atoms with E-state index in [4.69, 9.17) is 11.6 Å². The Morgan fingerprint density at radius 3 is 3.00 bits per heavy atom. The number of rotatable bonds is 3. The second-order valence-electron chi connectivity index (χ2n) is 4.86. The normalized spacial score (nSPS) is 19.5. The van der Waals surface area contributed by atoms with E-state index in [1.165, 1.54) is 6.42 Å². The molecule has 0 radical (unpaired) electrons. The molecular formula is C14H16Br2ClNO. The summed E-state index contributed by atoms with van der Waals surface area (Å²) in [5, 5.41) is 1.60. The molecule has 1 aromatic carbocycles. The molecule has 104 valence electrons. The van der Waals surface area contributed by atoms with E-state index in [1.807, 2.05) is 11.0 Å². The first-order valence-electron chi connectivity index (χ1n) is 6.42. The third-order valence-electron chi connectivity index (χ3n) is 3.48. The Morgan fingerprint density at radius 2 is 2.26 bits per heavy atom. The van der Waals surface area contributed by atoms with E-state index >= 15 is 0 Å². The summed E-state index contributed by atoms with van der Waals surface area (Å²) in [4.78, 5) is 14.5. The lowest BCUT2D eigenvalue weighted by Gasteiger charge is -2.32. The molecule has 1 fully saturated rings. The van der Waals surface area contributed by atoms with Crippen molar-refractivity contribution in [3.63, 3.8) is 0 Å². The largest absolute Gasteiger partial charge is 0.338 e. The minimum Gasteiger partial charge on any atom is -0.338 e. The maximum atomic E-state index is 12.5. The molecule has 1 amide bonds. The first-order valence-corrected chi connectivity index (χ1v) is 8.71. The van der Waals surface area contributed by atoms with E-state index in [0.29, 0.717) is 16.5 Å². The van der Waals surface area contributed by atoms with Gasteiger partial charge in [0.1, 0.15) is 0 Å². The molecule has 1 unspecified atom stereocenters. The van der Waals surface area contributed by atoms with E-state index in [-0.39, 0.29) is 5.91 Å². The molecule has 0 aromatic heterocycles. The SMILES string of the molecule is O=C(c1cc(Cl)ccc1Br)N1CCCC(CCBr)C1. The third-order valence-corrected chi connectivity index (χ3v) is 4.87. The van der Waals surface area contributed by atoms with Crippen LogP contribution in [0.2, 0.25) is 5.02 Å². The van der Waals surface area contributed by atoms with E-state index in [1.54, 1.807) is 12.1 Å². The van der Waals surface area contributed by atoms with Crippen molar-refractivity contribution in [1.82, 2.24) is 4.90 Å². The van der Waals surface area contributed by atoms with Gasteiger partial charge in [0.05, 0.1) is 5.56 Å². The van der Waals surface area contributed by atoms with Gasteiger partial charge in [-0.1, -0.05) is 27.5 Å². The lowest BCUT2D eigenvalue weighted by Crippen LogP contribution is -2.40. The van der Waals surface area contributed by atoms with E-state index in [0.717, 1.165) is 35.7 Å². The van der Waals surface area contributed by atoms with Gasteiger partial charge in [-0.25, -0.2) is 0 Å². The van der Waals surface area contributed by atoms with Crippen molar-refractivity contribution in [1.29, 1.82) is 0 Å². The molecule has 1 heterocycles. The van der Waals surface area contributed by atoms with Crippen LogP contribution in [-0.2, 0) is 0 Å². The topological polar surface area (TPSA) is 20.3 Å². The number of hydrogen-bond donors (Lipinski definition) is 0. The highest BCUT2D eigenvalue weighted by atomic mass is 79.9. The van der Waals surface area contributed by atoms with Crippen molar-refractivity contribution >= 4 is 49.4 Å². The van der Waals surface area contributed by atoms with Crippen molar-refractivity contribution in [2.45, 2.75) is 19.3 Å². The van der Waals surface area contributed by atoms with E-state index in [2.05, 4.69) is 31.9 Å². The second-order valence-corrected chi connectivity index (χ2v) is 6.95. The van der Waals surface area contributed by atoms with Gasteiger partial charge in [-0.2, -0.15) is 0 Å². The molecule has 5 heteroatoms. The number of piperidine rings is 1. The van der Waals surface area contributed by atoms with Gasteiger partial charge >= 0.3 is 0 Å². The van der Waals surface area contributed by atoms with Crippen LogP contribution < -0.4 is 0 Å². The second kappa shape index (κ2) is 7.09. The Bertz CT molecular complexity index is 465. The molecule has 1 aliphatic heterocycles. The number of alkyl halides is 1. The average molecular weight is 410 g/mol. The van der Waals surface area contributed by atoms with Gasteiger partial charge in [-0.3, -0.25) is 4.79 Å². The molecule has 1 aromatic rings. The maximum Gasteiger partial charge on any atom is 0.255 e. The summed E-state index contributed by atoms with van der Waals surface area (Å²) in [6, 6.07) is 5.35. The highest BCUT2D eigenvalue weighted by Crippen LogP contribution is 2.26. The van der Waals surface area contributed by atoms with Crippen molar-refractivity contribution < 1.29 is 4.79 Å². The van der Waals surface area contributed by atoms with Crippen LogP contribution in [0, 0.1) is 5.92 Å². The fourth-order valence-corrected chi connectivity index (χ4v) is 3.71. The van der Waals surface area contributed by atoms with Crippen LogP contribution in [0.1, 0.15) is 29.6 Å². The zero-order valence-corrected chi connectivity index (χ0v) is 14.5.